The molecule has 1 rings (SSSR count). The van der Waals surface area contributed by atoms with Crippen molar-refractivity contribution in [3.05, 3.63) is 0 Å². The molecule has 1 saturated heterocycles. The van der Waals surface area contributed by atoms with Gasteiger partial charge in [0, 0.05) is 24.3 Å². The Morgan fingerprint density at radius 1 is 1.40 bits per heavy atom. The van der Waals surface area contributed by atoms with Gasteiger partial charge in [0.05, 0.1) is 6.10 Å². The lowest BCUT2D eigenvalue weighted by molar-refractivity contribution is -0.141. The average Bonchev–Trinajstić information content (AvgIpc) is 2.83. The highest BCUT2D eigenvalue weighted by Gasteiger charge is 2.39. The van der Waals surface area contributed by atoms with Gasteiger partial charge in [0.2, 0.25) is 0 Å². The van der Waals surface area contributed by atoms with E-state index in [2.05, 4.69) is 19.2 Å². The first-order chi connectivity index (χ1) is 9.39. The van der Waals surface area contributed by atoms with Crippen molar-refractivity contribution in [2.75, 3.05) is 19.3 Å². The molecule has 20 heavy (non-hydrogen) atoms. The number of carboxylic acids is 1. The Morgan fingerprint density at radius 2 is 2.00 bits per heavy atom. The maximum absolute atomic E-state index is 12.1. The van der Waals surface area contributed by atoms with Crippen molar-refractivity contribution in [2.24, 2.45) is 0 Å². The van der Waals surface area contributed by atoms with Crippen LogP contribution in [0.5, 0.6) is 0 Å². The number of carbonyl (C=O) groups is 2. The van der Waals surface area contributed by atoms with Crippen molar-refractivity contribution < 1.29 is 19.8 Å². The van der Waals surface area contributed by atoms with E-state index in [-0.39, 0.29) is 17.7 Å². The Hall–Kier alpha value is -0.950. The molecule has 0 unspecified atom stereocenters. The molecule has 1 fully saturated rings. The number of nitrogens with one attached hydrogen (secondary N) is 1. The van der Waals surface area contributed by atoms with Gasteiger partial charge in [0.25, 0.3) is 0 Å². The lowest BCUT2D eigenvalue weighted by atomic mass is 10.0. The number of aliphatic carboxylic acids is 1. The lowest BCUT2D eigenvalue weighted by Gasteiger charge is -2.31. The van der Waals surface area contributed by atoms with Crippen molar-refractivity contribution >= 4 is 23.8 Å². The normalized spacial score (nSPS) is 22.9. The van der Waals surface area contributed by atoms with Crippen LogP contribution in [0.25, 0.3) is 0 Å². The van der Waals surface area contributed by atoms with Gasteiger partial charge in [-0.2, -0.15) is 11.8 Å². The molecule has 6 nitrogen and oxygen atoms in total. The monoisotopic (exact) mass is 304 g/mol. The molecule has 1 aliphatic rings. The number of hydrogen-bond donors (Lipinski definition) is 3. The van der Waals surface area contributed by atoms with Crippen LogP contribution >= 0.6 is 11.8 Å². The fourth-order valence-electron chi connectivity index (χ4n) is 2.47. The van der Waals surface area contributed by atoms with E-state index in [1.54, 1.807) is 11.8 Å². The van der Waals surface area contributed by atoms with Crippen molar-refractivity contribution in [3.8, 4) is 0 Å². The highest BCUT2D eigenvalue weighted by Crippen LogP contribution is 2.29. The van der Waals surface area contributed by atoms with Crippen LogP contribution in [0.2, 0.25) is 0 Å². The molecule has 1 heterocycles. The van der Waals surface area contributed by atoms with E-state index in [1.165, 1.54) is 4.90 Å². The number of likely N-dealkylation sites (tertiary alicyclic amines) is 1. The van der Waals surface area contributed by atoms with Crippen molar-refractivity contribution in [2.45, 2.75) is 50.0 Å². The number of thioether (sulfide) groups is 1. The zero-order chi connectivity index (χ0) is 15.3. The van der Waals surface area contributed by atoms with Gasteiger partial charge >= 0.3 is 12.0 Å². The molecule has 1 aliphatic heterocycles. The van der Waals surface area contributed by atoms with Crippen molar-refractivity contribution in [3.63, 3.8) is 0 Å². The lowest BCUT2D eigenvalue weighted by Crippen LogP contribution is -2.49. The maximum Gasteiger partial charge on any atom is 0.326 e. The van der Waals surface area contributed by atoms with Gasteiger partial charge in [-0.1, -0.05) is 13.8 Å². The Morgan fingerprint density at radius 3 is 2.45 bits per heavy atom. The standard InChI is InChI=1S/C13H24N2O4S/c1-4-13(5-2,20-3)8-14-12(19)15-7-9(16)6-10(15)11(17)18/h9-10,16H,4-8H2,1-3H3,(H,14,19)(H,17,18)/t9-,10+/m1/s1. The molecule has 0 aromatic rings. The van der Waals surface area contributed by atoms with E-state index in [4.69, 9.17) is 5.11 Å². The number of rotatable bonds is 6. The molecule has 0 spiro atoms. The van der Waals surface area contributed by atoms with Gasteiger partial charge in [-0.3, -0.25) is 0 Å². The van der Waals surface area contributed by atoms with E-state index in [1.807, 2.05) is 6.26 Å². The summed E-state index contributed by atoms with van der Waals surface area (Å²) in [4.78, 5) is 24.4. The summed E-state index contributed by atoms with van der Waals surface area (Å²) in [5.41, 5.74) is 0. The molecule has 116 valence electrons. The number of aliphatic hydroxyl groups excluding tert-OH is 1. The van der Waals surface area contributed by atoms with Gasteiger partial charge in [0.1, 0.15) is 6.04 Å². The zero-order valence-electron chi connectivity index (χ0n) is 12.3. The van der Waals surface area contributed by atoms with Gasteiger partial charge in [-0.25, -0.2) is 9.59 Å². The van der Waals surface area contributed by atoms with Crippen LogP contribution in [0, 0.1) is 0 Å². The number of β-amino-alcohol motifs (C(OH)–C–C–N with tert-alkyl or cyclic N) is 1. The summed E-state index contributed by atoms with van der Waals surface area (Å²) in [5.74, 6) is -1.07. The summed E-state index contributed by atoms with van der Waals surface area (Å²) < 4.78 is -0.0211. The molecule has 3 N–H and O–H groups in total. The minimum absolute atomic E-state index is 0.0211. The van der Waals surface area contributed by atoms with Crippen LogP contribution < -0.4 is 5.32 Å². The summed E-state index contributed by atoms with van der Waals surface area (Å²) in [7, 11) is 0. The van der Waals surface area contributed by atoms with Gasteiger partial charge < -0.3 is 20.4 Å². The van der Waals surface area contributed by atoms with Gasteiger partial charge in [-0.05, 0) is 19.1 Å². The fraction of sp³-hybridized carbons (Fsp3) is 0.846. The maximum atomic E-state index is 12.1. The topological polar surface area (TPSA) is 89.9 Å². The third-order valence-electron chi connectivity index (χ3n) is 4.11. The summed E-state index contributed by atoms with van der Waals surface area (Å²) in [6, 6.07) is -1.34. The Labute approximate surface area is 123 Å². The minimum atomic E-state index is -1.07. The predicted octanol–water partition coefficient (Wildman–Crippen LogP) is 1.14. The van der Waals surface area contributed by atoms with E-state index in [9.17, 15) is 14.7 Å². The number of carboxylic acid groups (broad SMARTS) is 1. The van der Waals surface area contributed by atoms with Crippen molar-refractivity contribution in [1.29, 1.82) is 0 Å². The van der Waals surface area contributed by atoms with Crippen LogP contribution in [0.4, 0.5) is 4.79 Å². The second-order valence-electron chi connectivity index (χ2n) is 5.15. The fourth-order valence-corrected chi connectivity index (χ4v) is 3.27. The third-order valence-corrected chi connectivity index (χ3v) is 5.70. The molecule has 0 aromatic carbocycles. The van der Waals surface area contributed by atoms with E-state index in [0.29, 0.717) is 6.54 Å². The van der Waals surface area contributed by atoms with E-state index in [0.717, 1.165) is 12.8 Å². The number of amides is 2. The summed E-state index contributed by atoms with van der Waals surface area (Å²) in [5, 5.41) is 21.4. The van der Waals surface area contributed by atoms with Crippen LogP contribution in [0.1, 0.15) is 33.1 Å². The molecular formula is C13H24N2O4S. The Balaban J connectivity index is 2.64. The smallest absolute Gasteiger partial charge is 0.326 e. The largest absolute Gasteiger partial charge is 0.480 e. The SMILES string of the molecule is CCC(CC)(CNC(=O)N1C[C@H](O)C[C@H]1C(=O)O)SC. The Bertz CT molecular complexity index is 352. The van der Waals surface area contributed by atoms with Crippen LogP contribution in [0.3, 0.4) is 0 Å². The Kier molecular flexibility index (Phi) is 6.13. The molecule has 0 bridgehead atoms. The first kappa shape index (κ1) is 17.1. The molecular weight excluding hydrogens is 280 g/mol. The van der Waals surface area contributed by atoms with Crippen LogP contribution in [-0.4, -0.2) is 63.4 Å². The number of nitrogens with zero attached hydrogens (tertiary/aromatic N) is 1. The quantitative estimate of drug-likeness (QED) is 0.684. The van der Waals surface area contributed by atoms with E-state index >= 15 is 0 Å². The van der Waals surface area contributed by atoms with E-state index < -0.39 is 24.1 Å². The second kappa shape index (κ2) is 7.17. The number of aliphatic hydroxyl groups is 1. The van der Waals surface area contributed by atoms with Crippen molar-refractivity contribution in [1.82, 2.24) is 10.2 Å². The molecule has 0 aromatic heterocycles. The molecule has 0 aliphatic carbocycles. The van der Waals surface area contributed by atoms with Gasteiger partial charge in [-0.15, -0.1) is 0 Å². The minimum Gasteiger partial charge on any atom is -0.480 e. The number of hydrogen-bond acceptors (Lipinski definition) is 4. The first-order valence-corrected chi connectivity index (χ1v) is 8.12. The molecule has 7 heteroatoms. The molecule has 0 saturated carbocycles. The third kappa shape index (κ3) is 3.79. The summed E-state index contributed by atoms with van der Waals surface area (Å²) >= 11 is 1.71. The highest BCUT2D eigenvalue weighted by atomic mass is 32.2. The van der Waals surface area contributed by atoms with Crippen LogP contribution in [0.15, 0.2) is 0 Å². The average molecular weight is 304 g/mol. The number of urea groups is 1. The molecule has 2 amide bonds. The molecule has 0 radical (unpaired) electrons. The second-order valence-corrected chi connectivity index (χ2v) is 6.42. The van der Waals surface area contributed by atoms with Crippen LogP contribution in [-0.2, 0) is 4.79 Å². The van der Waals surface area contributed by atoms with Gasteiger partial charge in [0.15, 0.2) is 0 Å². The predicted molar refractivity (Wildman–Crippen MR) is 79.0 cm³/mol. The summed E-state index contributed by atoms with van der Waals surface area (Å²) in [6.45, 7) is 4.73. The number of carbonyl (C=O) groups excluding carboxylic acids is 1. The molecule has 2 atom stereocenters. The highest BCUT2D eigenvalue weighted by molar-refractivity contribution is 8.00. The first-order valence-electron chi connectivity index (χ1n) is 6.89. The zero-order valence-corrected chi connectivity index (χ0v) is 13.1. The summed E-state index contributed by atoms with van der Waals surface area (Å²) in [6.07, 6.45) is 3.20.